The first-order chi connectivity index (χ1) is 36.4. The van der Waals surface area contributed by atoms with Crippen LogP contribution in [0.1, 0.15) is 136 Å². The molecule has 3 aliphatic heterocycles. The van der Waals surface area contributed by atoms with Gasteiger partial charge >= 0.3 is 18.2 Å². The third kappa shape index (κ3) is 15.5. The van der Waals surface area contributed by atoms with E-state index in [1.165, 1.54) is 57.8 Å². The lowest BCUT2D eigenvalue weighted by atomic mass is 9.87. The normalized spacial score (nSPS) is 22.4. The van der Waals surface area contributed by atoms with Crippen LogP contribution in [-0.2, 0) is 64.3 Å². The van der Waals surface area contributed by atoms with Crippen molar-refractivity contribution in [3.8, 4) is 0 Å². The van der Waals surface area contributed by atoms with Crippen LogP contribution in [0.4, 0.5) is 9.59 Å². The summed E-state index contributed by atoms with van der Waals surface area (Å²) in [4.78, 5) is 43.8. The van der Waals surface area contributed by atoms with Gasteiger partial charge in [0, 0.05) is 13.0 Å². The van der Waals surface area contributed by atoms with E-state index in [0.29, 0.717) is 12.0 Å². The van der Waals surface area contributed by atoms with Crippen molar-refractivity contribution in [1.29, 1.82) is 0 Å². The number of esters is 1. The zero-order valence-electron chi connectivity index (χ0n) is 43.1. The van der Waals surface area contributed by atoms with Crippen molar-refractivity contribution in [2.24, 2.45) is 0 Å². The van der Waals surface area contributed by atoms with Crippen LogP contribution in [-0.4, -0.2) is 78.2 Å². The maximum atomic E-state index is 14.8. The molecule has 12 nitrogen and oxygen atoms in total. The zero-order valence-corrected chi connectivity index (χ0v) is 43.1. The molecule has 0 N–H and O–H groups in total. The van der Waals surface area contributed by atoms with Gasteiger partial charge in [0.15, 0.2) is 18.0 Å². The zero-order chi connectivity index (χ0) is 51.2. The number of fused-ring (bicyclic) bond motifs is 2. The number of carbonyl (C=O) groups is 3. The standard InChI is InChI=1S/C62H75NO11/c1-2-3-4-5-6-7-8-9-10-11-12-28-39-53-55(73-61(66)71-53)52(63(42-47-29-18-13-19-30-47)60(65)69-45-50-35-24-16-25-36-50)40-41-62-58(68-44-49-33-22-15-23-34-49)57(67-43-48-31-20-14-21-32-48)56(54(74-62)46-70-62)72-59(64)51-37-26-17-27-38-51/h13-27,29-38,52-58H,2-12,28,39-46H2,1H3/t52-,53?,54?,55-,56-,57+,58?,62-/m0/s1. The van der Waals surface area contributed by atoms with Crippen molar-refractivity contribution < 1.29 is 52.3 Å². The van der Waals surface area contributed by atoms with Crippen molar-refractivity contribution in [1.82, 2.24) is 4.90 Å². The number of ether oxygens (including phenoxy) is 8. The SMILES string of the molecule is CCCCCCCCCCCCCCC1OC(=O)O[C@H]1[C@H](CC[C@]12OCC(O1)[C@H](OC(=O)c1ccccc1)[C@@H](OCc1ccccc1)C2OCc1ccccc1)N(Cc1ccccc1)C(=O)OCc1ccccc1. The number of carbonyl (C=O) groups excluding carboxylic acids is 3. The molecular weight excluding hydrogens is 935 g/mol. The lowest BCUT2D eigenvalue weighted by molar-refractivity contribution is -0.318. The van der Waals surface area contributed by atoms with Crippen molar-refractivity contribution in [3.63, 3.8) is 0 Å². The highest BCUT2D eigenvalue weighted by atomic mass is 16.8. The molecular formula is C62H75NO11. The molecule has 0 spiro atoms. The highest BCUT2D eigenvalue weighted by Crippen LogP contribution is 2.46. The van der Waals surface area contributed by atoms with Gasteiger partial charge in [0.1, 0.15) is 31.0 Å². The first-order valence-corrected chi connectivity index (χ1v) is 27.2. The van der Waals surface area contributed by atoms with Crippen molar-refractivity contribution in [2.75, 3.05) is 6.61 Å². The van der Waals surface area contributed by atoms with E-state index in [-0.39, 0.29) is 45.8 Å². The quantitative estimate of drug-likeness (QED) is 0.0248. The van der Waals surface area contributed by atoms with Crippen molar-refractivity contribution >= 4 is 18.2 Å². The molecule has 74 heavy (non-hydrogen) atoms. The van der Waals surface area contributed by atoms with Gasteiger partial charge in [0.25, 0.3) is 0 Å². The van der Waals surface area contributed by atoms with Crippen LogP contribution in [0.5, 0.6) is 0 Å². The lowest BCUT2D eigenvalue weighted by Gasteiger charge is -2.47. The summed E-state index contributed by atoms with van der Waals surface area (Å²) in [6.45, 7) is 2.88. The predicted octanol–water partition coefficient (Wildman–Crippen LogP) is 13.5. The summed E-state index contributed by atoms with van der Waals surface area (Å²) in [6.07, 6.45) is 9.02. The summed E-state index contributed by atoms with van der Waals surface area (Å²) in [6, 6.07) is 46.9. The minimum atomic E-state index is -1.46. The number of benzene rings is 5. The molecule has 5 aromatic rings. The molecule has 2 bridgehead atoms. The molecule has 1 amide bonds. The summed E-state index contributed by atoms with van der Waals surface area (Å²) in [7, 11) is 0. The molecule has 5 aromatic carbocycles. The average molecular weight is 1010 g/mol. The second-order valence-electron chi connectivity index (χ2n) is 19.9. The first kappa shape index (κ1) is 54.2. The molecule has 3 fully saturated rings. The number of hydrogen-bond acceptors (Lipinski definition) is 11. The number of rotatable bonds is 30. The third-order valence-corrected chi connectivity index (χ3v) is 14.5. The van der Waals surface area contributed by atoms with Gasteiger partial charge in [-0.05, 0) is 53.6 Å². The number of hydrogen-bond donors (Lipinski definition) is 0. The van der Waals surface area contributed by atoms with Crippen molar-refractivity contribution in [3.05, 3.63) is 179 Å². The largest absolute Gasteiger partial charge is 0.509 e. The number of amides is 1. The second kappa shape index (κ2) is 28.6. The molecule has 8 atom stereocenters. The monoisotopic (exact) mass is 1010 g/mol. The summed E-state index contributed by atoms with van der Waals surface area (Å²) < 4.78 is 52.4. The minimum Gasteiger partial charge on any atom is -0.453 e. The molecule has 3 saturated heterocycles. The van der Waals surface area contributed by atoms with Gasteiger partial charge in [-0.2, -0.15) is 0 Å². The van der Waals surface area contributed by atoms with E-state index in [1.807, 2.05) is 127 Å². The van der Waals surface area contributed by atoms with Crippen LogP contribution in [0.2, 0.25) is 0 Å². The molecule has 394 valence electrons. The Bertz CT molecular complexity index is 2410. The minimum absolute atomic E-state index is 0.0394. The van der Waals surface area contributed by atoms with E-state index >= 15 is 0 Å². The van der Waals surface area contributed by atoms with E-state index in [9.17, 15) is 14.4 Å². The van der Waals surface area contributed by atoms with E-state index in [4.69, 9.17) is 37.9 Å². The van der Waals surface area contributed by atoms with Gasteiger partial charge in [-0.15, -0.1) is 0 Å². The van der Waals surface area contributed by atoms with E-state index < -0.39 is 66.7 Å². The predicted molar refractivity (Wildman–Crippen MR) is 282 cm³/mol. The molecule has 0 radical (unpaired) electrons. The van der Waals surface area contributed by atoms with E-state index in [2.05, 4.69) is 6.92 Å². The number of nitrogens with zero attached hydrogens (tertiary/aromatic N) is 1. The average Bonchev–Trinajstić information content (AvgIpc) is 4.02. The molecule has 0 saturated carbocycles. The van der Waals surface area contributed by atoms with E-state index in [1.54, 1.807) is 29.2 Å². The summed E-state index contributed by atoms with van der Waals surface area (Å²) in [5.41, 5.74) is 3.91. The van der Waals surface area contributed by atoms with Crippen LogP contribution < -0.4 is 0 Å². The first-order valence-electron chi connectivity index (χ1n) is 27.2. The number of cyclic esters (lactones) is 2. The smallest absolute Gasteiger partial charge is 0.453 e. The molecule has 0 aliphatic carbocycles. The number of unbranched alkanes of at least 4 members (excludes halogenated alkanes) is 11. The Labute approximate surface area is 437 Å². The fourth-order valence-electron chi connectivity index (χ4n) is 10.5. The summed E-state index contributed by atoms with van der Waals surface area (Å²) in [5, 5.41) is 0. The topological polar surface area (TPSA) is 128 Å². The van der Waals surface area contributed by atoms with Crippen LogP contribution >= 0.6 is 0 Å². The third-order valence-electron chi connectivity index (χ3n) is 14.5. The van der Waals surface area contributed by atoms with Crippen LogP contribution in [0.25, 0.3) is 0 Å². The Morgan fingerprint density at radius 2 is 1.12 bits per heavy atom. The van der Waals surface area contributed by atoms with Gasteiger partial charge in [-0.1, -0.05) is 217 Å². The molecule has 3 unspecified atom stereocenters. The molecule has 12 heteroatoms. The Kier molecular flexibility index (Phi) is 20.9. The lowest BCUT2D eigenvalue weighted by Crippen LogP contribution is -2.63. The van der Waals surface area contributed by atoms with Crippen LogP contribution in [0.3, 0.4) is 0 Å². The highest BCUT2D eigenvalue weighted by Gasteiger charge is 2.63. The van der Waals surface area contributed by atoms with Crippen molar-refractivity contribution in [2.45, 2.75) is 178 Å². The Morgan fingerprint density at radius 3 is 1.70 bits per heavy atom. The van der Waals surface area contributed by atoms with Gasteiger partial charge in [-0.25, -0.2) is 14.4 Å². The van der Waals surface area contributed by atoms with Gasteiger partial charge in [-0.3, -0.25) is 4.90 Å². The van der Waals surface area contributed by atoms with Crippen LogP contribution in [0.15, 0.2) is 152 Å². The highest BCUT2D eigenvalue weighted by molar-refractivity contribution is 5.89. The Hall–Kier alpha value is -6.05. The van der Waals surface area contributed by atoms with Gasteiger partial charge in [0.2, 0.25) is 0 Å². The fraction of sp³-hybridized carbons (Fsp3) is 0.468. The molecule has 0 aromatic heterocycles. The fourth-order valence-corrected chi connectivity index (χ4v) is 10.5. The Morgan fingerprint density at radius 1 is 0.608 bits per heavy atom. The molecule has 3 aliphatic rings. The summed E-state index contributed by atoms with van der Waals surface area (Å²) >= 11 is 0. The van der Waals surface area contributed by atoms with Gasteiger partial charge < -0.3 is 37.9 Å². The maximum Gasteiger partial charge on any atom is 0.509 e. The molecule has 3 heterocycles. The maximum absolute atomic E-state index is 14.8. The van der Waals surface area contributed by atoms with Crippen LogP contribution in [0, 0.1) is 0 Å². The molecule has 8 rings (SSSR count). The Balaban J connectivity index is 1.08. The second-order valence-corrected chi connectivity index (χ2v) is 19.9. The van der Waals surface area contributed by atoms with E-state index in [0.717, 1.165) is 41.5 Å². The summed E-state index contributed by atoms with van der Waals surface area (Å²) in [5.74, 6) is -1.99. The van der Waals surface area contributed by atoms with Gasteiger partial charge in [0.05, 0.1) is 31.4 Å².